The number of aryl methyl sites for hydroxylation is 1. The smallest absolute Gasteiger partial charge is 0.319 e. The summed E-state index contributed by atoms with van der Waals surface area (Å²) in [6, 6.07) is 2.75. The molecule has 1 amide bonds. The minimum Gasteiger partial charge on any atom is -0.490 e. The molecule has 0 aliphatic carbocycles. The number of esters is 1. The van der Waals surface area contributed by atoms with Crippen molar-refractivity contribution in [3.63, 3.8) is 0 Å². The number of β-amino-alcohol motifs (C(OH)–C–C–N with tert-alkyl or cyclic N) is 1. The minimum absolute atomic E-state index is 0.00482. The Kier molecular flexibility index (Phi) is 6.04. The Hall–Kier alpha value is -2.68. The van der Waals surface area contributed by atoms with Gasteiger partial charge in [0, 0.05) is 18.7 Å². The molecule has 1 aliphatic rings. The Morgan fingerprint density at radius 2 is 2.07 bits per heavy atom. The monoisotopic (exact) mass is 380 g/mol. The van der Waals surface area contributed by atoms with E-state index in [9.17, 15) is 24.8 Å². The number of rotatable bonds is 5. The van der Waals surface area contributed by atoms with Crippen molar-refractivity contribution in [1.29, 1.82) is 0 Å². The Labute approximate surface area is 157 Å². The molecule has 9 heteroatoms. The van der Waals surface area contributed by atoms with Gasteiger partial charge in [0.25, 0.3) is 0 Å². The normalized spacial score (nSPS) is 17.1. The molecule has 1 atom stereocenters. The van der Waals surface area contributed by atoms with Crippen molar-refractivity contribution in [2.24, 2.45) is 5.92 Å². The van der Waals surface area contributed by atoms with Crippen molar-refractivity contribution in [3.05, 3.63) is 27.8 Å². The number of aliphatic hydroxyl groups excluding tert-OH is 1. The van der Waals surface area contributed by atoms with Gasteiger partial charge in [-0.15, -0.1) is 0 Å². The Bertz CT molecular complexity index is 755. The van der Waals surface area contributed by atoms with Gasteiger partial charge in [0.2, 0.25) is 5.91 Å². The van der Waals surface area contributed by atoms with Gasteiger partial charge in [-0.1, -0.05) is 0 Å². The number of ether oxygens (including phenoxy) is 2. The highest BCUT2D eigenvalue weighted by molar-refractivity contribution is 6.07. The largest absolute Gasteiger partial charge is 0.490 e. The molecule has 148 valence electrons. The second-order valence-electron chi connectivity index (χ2n) is 7.25. The molecule has 0 spiro atoms. The second-order valence-corrected chi connectivity index (χ2v) is 7.25. The predicted molar refractivity (Wildman–Crippen MR) is 96.7 cm³/mol. The molecule has 2 rings (SSSR count). The van der Waals surface area contributed by atoms with E-state index in [1.165, 1.54) is 24.1 Å². The summed E-state index contributed by atoms with van der Waals surface area (Å²) in [4.78, 5) is 37.5. The molecule has 0 saturated heterocycles. The fraction of sp³-hybridized carbons (Fsp3) is 0.556. The molecule has 27 heavy (non-hydrogen) atoms. The maximum absolute atomic E-state index is 13.0. The van der Waals surface area contributed by atoms with Gasteiger partial charge in [-0.3, -0.25) is 19.7 Å². The van der Waals surface area contributed by atoms with Gasteiger partial charge in [0.1, 0.15) is 11.5 Å². The van der Waals surface area contributed by atoms with E-state index in [0.717, 1.165) is 0 Å². The zero-order valence-corrected chi connectivity index (χ0v) is 15.9. The Morgan fingerprint density at radius 1 is 1.41 bits per heavy atom. The van der Waals surface area contributed by atoms with E-state index >= 15 is 0 Å². The number of benzene rings is 1. The first-order chi connectivity index (χ1) is 12.6. The third kappa shape index (κ3) is 4.54. The van der Waals surface area contributed by atoms with Crippen LogP contribution in [0, 0.1) is 16.0 Å². The van der Waals surface area contributed by atoms with Crippen LogP contribution in [0.4, 0.5) is 11.4 Å². The molecule has 0 bridgehead atoms. The highest BCUT2D eigenvalue weighted by Gasteiger charge is 2.38. The maximum atomic E-state index is 13.0. The lowest BCUT2D eigenvalue weighted by atomic mass is 9.99. The number of aliphatic hydroxyl groups is 1. The molecule has 0 aromatic heterocycles. The van der Waals surface area contributed by atoms with E-state index < -0.39 is 28.3 Å². The number of carbonyl (C=O) groups is 2. The van der Waals surface area contributed by atoms with Crippen LogP contribution in [0.2, 0.25) is 0 Å². The van der Waals surface area contributed by atoms with Gasteiger partial charge in [-0.2, -0.15) is 0 Å². The van der Waals surface area contributed by atoms with Crippen LogP contribution < -0.4 is 9.64 Å². The van der Waals surface area contributed by atoms with Crippen LogP contribution in [-0.2, 0) is 20.7 Å². The van der Waals surface area contributed by atoms with Crippen LogP contribution in [0.1, 0.15) is 32.8 Å². The fourth-order valence-corrected chi connectivity index (χ4v) is 3.01. The lowest BCUT2D eigenvalue weighted by Crippen LogP contribution is -2.42. The van der Waals surface area contributed by atoms with Gasteiger partial charge in [-0.25, -0.2) is 0 Å². The first kappa shape index (κ1) is 20.6. The summed E-state index contributed by atoms with van der Waals surface area (Å²) in [7, 11) is 1.30. The summed E-state index contributed by atoms with van der Waals surface area (Å²) in [6.45, 7) is 4.75. The van der Waals surface area contributed by atoms with Crippen molar-refractivity contribution in [2.45, 2.75) is 39.2 Å². The van der Waals surface area contributed by atoms with E-state index in [1.54, 1.807) is 20.8 Å². The molecule has 9 nitrogen and oxygen atoms in total. The Balaban J connectivity index is 2.49. The molecule has 1 aliphatic heterocycles. The van der Waals surface area contributed by atoms with Gasteiger partial charge >= 0.3 is 11.7 Å². The summed E-state index contributed by atoms with van der Waals surface area (Å²) < 4.78 is 10.4. The standard InChI is InChI=1S/C18H24N2O7/c1-18(2,3)27-17(23)12-6-5-11-9-14(20(24)25)15(26-4)10-13(11)19(7-8-21)16(12)22/h9-10,12,21H,5-8H2,1-4H3. The molecule has 0 saturated carbocycles. The van der Waals surface area contributed by atoms with Gasteiger partial charge in [0.15, 0.2) is 5.75 Å². The van der Waals surface area contributed by atoms with Crippen LogP contribution in [0.3, 0.4) is 0 Å². The zero-order valence-electron chi connectivity index (χ0n) is 15.9. The van der Waals surface area contributed by atoms with E-state index in [4.69, 9.17) is 9.47 Å². The molecule has 1 unspecified atom stereocenters. The molecule has 1 heterocycles. The zero-order chi connectivity index (χ0) is 20.4. The first-order valence-electron chi connectivity index (χ1n) is 8.59. The SMILES string of the molecule is COc1cc2c(cc1[N+](=O)[O-])CCC(C(=O)OC(C)(C)C)C(=O)N2CCO. The molecular formula is C18H24N2O7. The number of fused-ring (bicyclic) bond motifs is 1. The average Bonchev–Trinajstić information content (AvgIpc) is 2.69. The highest BCUT2D eigenvalue weighted by atomic mass is 16.6. The molecule has 1 aromatic rings. The van der Waals surface area contributed by atoms with Crippen molar-refractivity contribution >= 4 is 23.3 Å². The van der Waals surface area contributed by atoms with Gasteiger partial charge < -0.3 is 19.5 Å². The summed E-state index contributed by atoms with van der Waals surface area (Å²) in [5.41, 5.74) is -0.0401. The summed E-state index contributed by atoms with van der Waals surface area (Å²) in [6.07, 6.45) is 0.434. The molecular weight excluding hydrogens is 356 g/mol. The molecule has 0 radical (unpaired) electrons. The number of carbonyl (C=O) groups excluding carboxylic acids is 2. The summed E-state index contributed by atoms with van der Waals surface area (Å²) >= 11 is 0. The van der Waals surface area contributed by atoms with Crippen LogP contribution in [0.5, 0.6) is 5.75 Å². The van der Waals surface area contributed by atoms with E-state index in [2.05, 4.69) is 0 Å². The minimum atomic E-state index is -1.05. The third-order valence-electron chi connectivity index (χ3n) is 4.15. The van der Waals surface area contributed by atoms with Crippen molar-refractivity contribution < 1.29 is 29.1 Å². The summed E-state index contributed by atoms with van der Waals surface area (Å²) in [5.74, 6) is -2.20. The van der Waals surface area contributed by atoms with Crippen LogP contribution in [0.15, 0.2) is 12.1 Å². The number of nitro groups is 1. The number of hydrogen-bond donors (Lipinski definition) is 1. The summed E-state index contributed by atoms with van der Waals surface area (Å²) in [5, 5.41) is 20.7. The Morgan fingerprint density at radius 3 is 2.59 bits per heavy atom. The van der Waals surface area contributed by atoms with Crippen LogP contribution in [-0.4, -0.2) is 47.8 Å². The quantitative estimate of drug-likeness (QED) is 0.358. The molecule has 1 N–H and O–H groups in total. The highest BCUT2D eigenvalue weighted by Crippen LogP contribution is 2.38. The topological polar surface area (TPSA) is 119 Å². The van der Waals surface area contributed by atoms with Gasteiger partial charge in [-0.05, 0) is 39.2 Å². The third-order valence-corrected chi connectivity index (χ3v) is 4.15. The number of anilines is 1. The predicted octanol–water partition coefficient (Wildman–Crippen LogP) is 1.83. The average molecular weight is 380 g/mol. The van der Waals surface area contributed by atoms with E-state index in [0.29, 0.717) is 11.3 Å². The first-order valence-corrected chi connectivity index (χ1v) is 8.59. The maximum Gasteiger partial charge on any atom is 0.319 e. The van der Waals surface area contributed by atoms with Crippen molar-refractivity contribution in [3.8, 4) is 5.75 Å². The lowest BCUT2D eigenvalue weighted by molar-refractivity contribution is -0.385. The van der Waals surface area contributed by atoms with Crippen molar-refractivity contribution in [2.75, 3.05) is 25.2 Å². The number of nitrogens with zero attached hydrogens (tertiary/aromatic N) is 2. The van der Waals surface area contributed by atoms with E-state index in [-0.39, 0.29) is 37.4 Å². The number of hydrogen-bond acceptors (Lipinski definition) is 7. The number of amides is 1. The van der Waals surface area contributed by atoms with E-state index in [1.807, 2.05) is 0 Å². The fourth-order valence-electron chi connectivity index (χ4n) is 3.01. The number of nitro benzene ring substituents is 1. The lowest BCUT2D eigenvalue weighted by Gasteiger charge is -2.27. The van der Waals surface area contributed by atoms with Crippen molar-refractivity contribution in [1.82, 2.24) is 0 Å². The number of methoxy groups -OCH3 is 1. The van der Waals surface area contributed by atoms with Crippen LogP contribution in [0.25, 0.3) is 0 Å². The molecule has 0 fully saturated rings. The molecule has 1 aromatic carbocycles. The van der Waals surface area contributed by atoms with Crippen LogP contribution >= 0.6 is 0 Å². The second kappa shape index (κ2) is 7.91. The van der Waals surface area contributed by atoms with Gasteiger partial charge in [0.05, 0.1) is 24.3 Å².